The van der Waals surface area contributed by atoms with E-state index < -0.39 is 12.1 Å². The van der Waals surface area contributed by atoms with Crippen LogP contribution in [-0.2, 0) is 11.2 Å². The van der Waals surface area contributed by atoms with E-state index in [9.17, 15) is 24.3 Å². The highest BCUT2D eigenvalue weighted by atomic mass is 32.2. The van der Waals surface area contributed by atoms with E-state index in [1.807, 2.05) is 35.2 Å². The van der Waals surface area contributed by atoms with Crippen LogP contribution in [-0.4, -0.2) is 75.4 Å². The first-order valence-corrected chi connectivity index (χ1v) is 13.5. The molecular weight excluding hydrogens is 478 g/mol. The first kappa shape index (κ1) is 25.8. The van der Waals surface area contributed by atoms with Gasteiger partial charge >= 0.3 is 6.09 Å². The predicted octanol–water partition coefficient (Wildman–Crippen LogP) is 3.67. The van der Waals surface area contributed by atoms with Gasteiger partial charge in [0.2, 0.25) is 5.91 Å². The van der Waals surface area contributed by atoms with Gasteiger partial charge in [0.25, 0.3) is 11.8 Å². The summed E-state index contributed by atoms with van der Waals surface area (Å²) in [5.41, 5.74) is 1.87. The topological polar surface area (TPSA) is 107 Å². The molecule has 1 saturated heterocycles. The third kappa shape index (κ3) is 6.07. The zero-order chi connectivity index (χ0) is 25.5. The van der Waals surface area contributed by atoms with Crippen molar-refractivity contribution in [3.8, 4) is 0 Å². The second-order valence-corrected chi connectivity index (χ2v) is 10.3. The number of nitrogens with one attached hydrogen (secondary N) is 1. The average molecular weight is 510 g/mol. The van der Waals surface area contributed by atoms with Gasteiger partial charge in [-0.3, -0.25) is 19.3 Å². The largest absolute Gasteiger partial charge is 0.465 e. The molecule has 2 aliphatic rings. The van der Waals surface area contributed by atoms with Gasteiger partial charge in [-0.25, -0.2) is 4.79 Å². The number of fused-ring (bicyclic) bond motifs is 1. The Hall–Kier alpha value is -3.33. The highest BCUT2D eigenvalue weighted by Crippen LogP contribution is 2.25. The van der Waals surface area contributed by atoms with E-state index in [1.165, 1.54) is 4.90 Å². The molecule has 2 atom stereocenters. The van der Waals surface area contributed by atoms with Crippen molar-refractivity contribution in [2.45, 2.75) is 44.2 Å². The summed E-state index contributed by atoms with van der Waals surface area (Å²) in [6.45, 7) is 1.04. The number of carbonyl (C=O) groups excluding carboxylic acids is 3. The van der Waals surface area contributed by atoms with E-state index in [0.717, 1.165) is 42.8 Å². The Labute approximate surface area is 215 Å². The molecule has 2 aromatic carbocycles. The molecule has 36 heavy (non-hydrogen) atoms. The van der Waals surface area contributed by atoms with Crippen LogP contribution in [0.5, 0.6) is 0 Å². The summed E-state index contributed by atoms with van der Waals surface area (Å²) in [6, 6.07) is 15.6. The molecule has 4 amide bonds. The second kappa shape index (κ2) is 12.1. The van der Waals surface area contributed by atoms with E-state index in [2.05, 4.69) is 5.32 Å². The number of hydrogen-bond donors (Lipinski definition) is 2. The molecule has 2 heterocycles. The zero-order valence-electron chi connectivity index (χ0n) is 20.1. The summed E-state index contributed by atoms with van der Waals surface area (Å²) in [7, 11) is 0. The van der Waals surface area contributed by atoms with Gasteiger partial charge in [-0.2, -0.15) is 11.8 Å². The van der Waals surface area contributed by atoms with Gasteiger partial charge in [-0.15, -0.1) is 0 Å². The first-order valence-electron chi connectivity index (χ1n) is 12.3. The summed E-state index contributed by atoms with van der Waals surface area (Å²) in [4.78, 5) is 52.7. The summed E-state index contributed by atoms with van der Waals surface area (Å²) in [5.74, 6) is 1.04. The van der Waals surface area contributed by atoms with E-state index in [1.54, 1.807) is 36.0 Å². The lowest BCUT2D eigenvalue weighted by molar-refractivity contribution is -0.133. The second-order valence-electron chi connectivity index (χ2n) is 9.11. The number of amides is 4. The number of likely N-dealkylation sites (tertiary alicyclic amines) is 1. The van der Waals surface area contributed by atoms with Gasteiger partial charge < -0.3 is 15.3 Å². The maximum absolute atomic E-state index is 13.3. The van der Waals surface area contributed by atoms with Crippen molar-refractivity contribution in [2.75, 3.05) is 24.6 Å². The van der Waals surface area contributed by atoms with Crippen molar-refractivity contribution in [1.29, 1.82) is 0 Å². The van der Waals surface area contributed by atoms with E-state index in [4.69, 9.17) is 0 Å². The van der Waals surface area contributed by atoms with E-state index >= 15 is 0 Å². The molecule has 0 bridgehead atoms. The summed E-state index contributed by atoms with van der Waals surface area (Å²) in [5, 5.41) is 11.7. The lowest BCUT2D eigenvalue weighted by atomic mass is 10.0. The van der Waals surface area contributed by atoms with Crippen molar-refractivity contribution in [3.63, 3.8) is 0 Å². The van der Waals surface area contributed by atoms with E-state index in [0.29, 0.717) is 30.6 Å². The molecule has 8 nitrogen and oxygen atoms in total. The average Bonchev–Trinajstić information content (AvgIpc) is 3.44. The molecule has 0 aromatic heterocycles. The predicted molar refractivity (Wildman–Crippen MR) is 138 cm³/mol. The van der Waals surface area contributed by atoms with Crippen LogP contribution in [0.2, 0.25) is 0 Å². The minimum Gasteiger partial charge on any atom is -0.465 e. The molecule has 0 saturated carbocycles. The maximum Gasteiger partial charge on any atom is 0.405 e. The van der Waals surface area contributed by atoms with Crippen LogP contribution in [0.1, 0.15) is 52.0 Å². The number of carbonyl (C=O) groups is 4. The molecule has 2 aliphatic heterocycles. The van der Waals surface area contributed by atoms with Crippen LogP contribution >= 0.6 is 11.8 Å². The Morgan fingerprint density at radius 1 is 1.00 bits per heavy atom. The van der Waals surface area contributed by atoms with Crippen molar-refractivity contribution in [2.24, 2.45) is 0 Å². The van der Waals surface area contributed by atoms with Crippen LogP contribution in [0.4, 0.5) is 4.79 Å². The van der Waals surface area contributed by atoms with Crippen molar-refractivity contribution in [3.05, 3.63) is 71.3 Å². The van der Waals surface area contributed by atoms with Gasteiger partial charge in [0.05, 0.1) is 11.1 Å². The number of carboxylic acid groups (broad SMARTS) is 1. The Kier molecular flexibility index (Phi) is 8.64. The highest BCUT2D eigenvalue weighted by Gasteiger charge is 2.35. The van der Waals surface area contributed by atoms with Gasteiger partial charge in [0.1, 0.15) is 6.04 Å². The van der Waals surface area contributed by atoms with Gasteiger partial charge in [0, 0.05) is 31.3 Å². The van der Waals surface area contributed by atoms with Gasteiger partial charge in [0.15, 0.2) is 0 Å². The lowest BCUT2D eigenvalue weighted by Crippen LogP contribution is -2.51. The minimum atomic E-state index is -1.20. The minimum absolute atomic E-state index is 0.0765. The number of rotatable bonds is 11. The van der Waals surface area contributed by atoms with Gasteiger partial charge in [-0.1, -0.05) is 42.5 Å². The molecule has 0 radical (unpaired) electrons. The standard InChI is InChI=1S/C27H31N3O5S/c31-24-21-12-4-5-13-22(21)25(32)30(24)14-6-7-16-36-18-20-11-8-15-29(20)26(33)23(28-27(34)35)17-19-9-2-1-3-10-19/h1-5,9-10,12-13,20,23,28H,6-8,11,14-18H2,(H,34,35)/t20-,23+/m0/s1. The SMILES string of the molecule is O=C(O)N[C@H](Cc1ccccc1)C(=O)N1CCC[C@H]1CSCCCCN1C(=O)c2ccccc2C1=O. The highest BCUT2D eigenvalue weighted by molar-refractivity contribution is 7.99. The number of hydrogen-bond acceptors (Lipinski definition) is 5. The first-order chi connectivity index (χ1) is 17.5. The molecule has 9 heteroatoms. The fourth-order valence-corrected chi connectivity index (χ4v) is 6.03. The van der Waals surface area contributed by atoms with Crippen molar-refractivity contribution in [1.82, 2.24) is 15.1 Å². The van der Waals surface area contributed by atoms with Crippen LogP contribution in [0.15, 0.2) is 54.6 Å². The Balaban J connectivity index is 1.22. The Bertz CT molecular complexity index is 1070. The Morgan fingerprint density at radius 3 is 2.33 bits per heavy atom. The van der Waals surface area contributed by atoms with Crippen molar-refractivity contribution >= 4 is 35.6 Å². The molecule has 1 fully saturated rings. The quantitative estimate of drug-likeness (QED) is 0.354. The summed E-state index contributed by atoms with van der Waals surface area (Å²) < 4.78 is 0. The Morgan fingerprint density at radius 2 is 1.67 bits per heavy atom. The number of nitrogens with zero attached hydrogens (tertiary/aromatic N) is 2. The van der Waals surface area contributed by atoms with E-state index in [-0.39, 0.29) is 23.8 Å². The number of thioether (sulfide) groups is 1. The van der Waals surface area contributed by atoms with Crippen molar-refractivity contribution < 1.29 is 24.3 Å². The number of unbranched alkanes of at least 4 members (excludes halogenated alkanes) is 1. The molecule has 0 aliphatic carbocycles. The van der Waals surface area contributed by atoms with Gasteiger partial charge in [-0.05, 0) is 49.1 Å². The summed E-state index contributed by atoms with van der Waals surface area (Å²) in [6.07, 6.45) is 2.51. The summed E-state index contributed by atoms with van der Waals surface area (Å²) >= 11 is 1.75. The monoisotopic (exact) mass is 509 g/mol. The maximum atomic E-state index is 13.3. The normalized spacial score (nSPS) is 17.8. The molecule has 4 rings (SSSR count). The molecule has 0 spiro atoms. The molecule has 2 aromatic rings. The number of benzene rings is 2. The number of imide groups is 1. The fourth-order valence-electron chi connectivity index (χ4n) is 4.83. The zero-order valence-corrected chi connectivity index (χ0v) is 20.9. The smallest absolute Gasteiger partial charge is 0.405 e. The molecule has 190 valence electrons. The lowest BCUT2D eigenvalue weighted by Gasteiger charge is -2.29. The van der Waals surface area contributed by atoms with Crippen LogP contribution in [0.3, 0.4) is 0 Å². The molecule has 0 unspecified atom stereocenters. The third-order valence-corrected chi connectivity index (χ3v) is 7.85. The molecular formula is C27H31N3O5S. The van der Waals surface area contributed by atoms with Crippen LogP contribution < -0.4 is 5.32 Å². The third-order valence-electron chi connectivity index (χ3n) is 6.65. The molecule has 2 N–H and O–H groups in total. The van der Waals surface area contributed by atoms with Crippen LogP contribution in [0.25, 0.3) is 0 Å². The van der Waals surface area contributed by atoms with Crippen LogP contribution in [0, 0.1) is 0 Å². The fraction of sp³-hybridized carbons (Fsp3) is 0.407.